The number of amides is 1. The van der Waals surface area contributed by atoms with E-state index in [9.17, 15) is 4.79 Å². The second kappa shape index (κ2) is 5.38. The van der Waals surface area contributed by atoms with Crippen molar-refractivity contribution in [1.82, 2.24) is 10.3 Å². The molecular weight excluding hydrogens is 290 g/mol. The standard InChI is InChI=1S/C14H13N3OS2/c1-3-19-14-16-12(13(18)17-14)8(2)9-4-5-10-11(6-9)20-7-15-10/h3-8,12H,1H2,2H3,(H,16,17,18). The summed E-state index contributed by atoms with van der Waals surface area (Å²) in [6.07, 6.45) is 0. The highest BCUT2D eigenvalue weighted by Crippen LogP contribution is 2.29. The van der Waals surface area contributed by atoms with Crippen molar-refractivity contribution in [2.45, 2.75) is 18.9 Å². The molecule has 2 aromatic rings. The molecule has 1 aliphatic rings. The van der Waals surface area contributed by atoms with E-state index in [0.29, 0.717) is 5.17 Å². The van der Waals surface area contributed by atoms with Gasteiger partial charge in [0, 0.05) is 5.92 Å². The van der Waals surface area contributed by atoms with Gasteiger partial charge in [-0.1, -0.05) is 31.3 Å². The van der Waals surface area contributed by atoms with Crippen LogP contribution in [-0.2, 0) is 4.79 Å². The Balaban J connectivity index is 1.89. The molecule has 0 spiro atoms. The fourth-order valence-corrected chi connectivity index (χ4v) is 3.43. The number of nitrogens with one attached hydrogen (secondary N) is 1. The zero-order chi connectivity index (χ0) is 14.1. The van der Waals surface area contributed by atoms with Crippen molar-refractivity contribution in [2.24, 2.45) is 4.99 Å². The van der Waals surface area contributed by atoms with E-state index in [4.69, 9.17) is 0 Å². The number of rotatable bonds is 3. The topological polar surface area (TPSA) is 54.4 Å². The van der Waals surface area contributed by atoms with Gasteiger partial charge in [0.25, 0.3) is 5.91 Å². The molecule has 3 rings (SSSR count). The van der Waals surface area contributed by atoms with Crippen molar-refractivity contribution in [3.05, 3.63) is 41.3 Å². The molecule has 2 unspecified atom stereocenters. The van der Waals surface area contributed by atoms with Gasteiger partial charge in [-0.2, -0.15) is 0 Å². The second-order valence-electron chi connectivity index (χ2n) is 4.52. The van der Waals surface area contributed by atoms with Crippen LogP contribution in [0.1, 0.15) is 18.4 Å². The summed E-state index contributed by atoms with van der Waals surface area (Å²) in [6, 6.07) is 5.74. The van der Waals surface area contributed by atoms with E-state index in [1.54, 1.807) is 16.7 Å². The third kappa shape index (κ3) is 2.36. The van der Waals surface area contributed by atoms with Crippen molar-refractivity contribution < 1.29 is 4.79 Å². The Morgan fingerprint density at radius 3 is 3.20 bits per heavy atom. The molecule has 1 N–H and O–H groups in total. The fourth-order valence-electron chi connectivity index (χ4n) is 2.21. The summed E-state index contributed by atoms with van der Waals surface area (Å²) in [5.74, 6) is -0.0179. The average Bonchev–Trinajstić information content (AvgIpc) is 3.04. The molecule has 0 fully saturated rings. The van der Waals surface area contributed by atoms with E-state index in [2.05, 4.69) is 27.9 Å². The minimum Gasteiger partial charge on any atom is -0.303 e. The first-order chi connectivity index (χ1) is 9.69. The highest BCUT2D eigenvalue weighted by atomic mass is 32.2. The van der Waals surface area contributed by atoms with E-state index in [1.807, 2.05) is 24.6 Å². The number of benzene rings is 1. The lowest BCUT2D eigenvalue weighted by Gasteiger charge is -2.15. The van der Waals surface area contributed by atoms with Crippen LogP contribution in [0.25, 0.3) is 10.2 Å². The summed E-state index contributed by atoms with van der Waals surface area (Å²) < 4.78 is 1.14. The summed E-state index contributed by atoms with van der Waals surface area (Å²) >= 11 is 2.94. The number of hydrogen-bond acceptors (Lipinski definition) is 5. The smallest absolute Gasteiger partial charge is 0.251 e. The van der Waals surface area contributed by atoms with Crippen molar-refractivity contribution >= 4 is 44.4 Å². The predicted molar refractivity (Wildman–Crippen MR) is 85.2 cm³/mol. The lowest BCUT2D eigenvalue weighted by atomic mass is 9.93. The molecule has 2 atom stereocenters. The molecule has 1 aromatic carbocycles. The number of carbonyl (C=O) groups excluding carboxylic acids is 1. The van der Waals surface area contributed by atoms with Gasteiger partial charge in [0.2, 0.25) is 0 Å². The van der Waals surface area contributed by atoms with Crippen LogP contribution in [0.3, 0.4) is 0 Å². The quantitative estimate of drug-likeness (QED) is 0.948. The molecular formula is C14H13N3OS2. The maximum atomic E-state index is 12.0. The summed E-state index contributed by atoms with van der Waals surface area (Å²) in [7, 11) is 0. The summed E-state index contributed by atoms with van der Waals surface area (Å²) in [5, 5.41) is 5.07. The molecule has 102 valence electrons. The Bertz CT molecular complexity index is 707. The van der Waals surface area contributed by atoms with Gasteiger partial charge in [-0.25, -0.2) is 9.98 Å². The van der Waals surface area contributed by atoms with E-state index in [-0.39, 0.29) is 17.9 Å². The molecule has 1 aromatic heterocycles. The molecule has 0 aliphatic carbocycles. The Kier molecular flexibility index (Phi) is 3.58. The number of hydrogen-bond donors (Lipinski definition) is 1. The highest BCUT2D eigenvalue weighted by molar-refractivity contribution is 8.16. The van der Waals surface area contributed by atoms with Crippen molar-refractivity contribution in [1.29, 1.82) is 0 Å². The first kappa shape index (κ1) is 13.3. The minimum absolute atomic E-state index is 0.0319. The summed E-state index contributed by atoms with van der Waals surface area (Å²) in [6.45, 7) is 5.66. The monoisotopic (exact) mass is 303 g/mol. The average molecular weight is 303 g/mol. The van der Waals surface area contributed by atoms with Gasteiger partial charge in [0.15, 0.2) is 5.17 Å². The number of aromatic nitrogens is 1. The van der Waals surface area contributed by atoms with Crippen molar-refractivity contribution in [3.8, 4) is 0 Å². The third-order valence-corrected chi connectivity index (χ3v) is 4.69. The van der Waals surface area contributed by atoms with Gasteiger partial charge in [-0.3, -0.25) is 4.79 Å². The number of aliphatic imine (C=N–C) groups is 1. The molecule has 1 aliphatic heterocycles. The van der Waals surface area contributed by atoms with E-state index in [1.165, 1.54) is 11.8 Å². The van der Waals surface area contributed by atoms with Gasteiger partial charge >= 0.3 is 0 Å². The van der Waals surface area contributed by atoms with Crippen LogP contribution in [0.2, 0.25) is 0 Å². The summed E-state index contributed by atoms with van der Waals surface area (Å²) in [5.41, 5.74) is 3.93. The molecule has 4 nitrogen and oxygen atoms in total. The van der Waals surface area contributed by atoms with Gasteiger partial charge < -0.3 is 5.32 Å². The van der Waals surface area contributed by atoms with Crippen LogP contribution in [0.5, 0.6) is 0 Å². The number of nitrogens with zero attached hydrogens (tertiary/aromatic N) is 2. The van der Waals surface area contributed by atoms with Crippen LogP contribution in [0.4, 0.5) is 0 Å². The van der Waals surface area contributed by atoms with Crippen molar-refractivity contribution in [2.75, 3.05) is 0 Å². The number of thiazole rings is 1. The molecule has 0 saturated carbocycles. The van der Waals surface area contributed by atoms with Crippen LogP contribution >= 0.6 is 23.1 Å². The zero-order valence-electron chi connectivity index (χ0n) is 10.9. The highest BCUT2D eigenvalue weighted by Gasteiger charge is 2.32. The maximum Gasteiger partial charge on any atom is 0.251 e. The number of thioether (sulfide) groups is 1. The summed E-state index contributed by atoms with van der Waals surface area (Å²) in [4.78, 5) is 20.7. The number of fused-ring (bicyclic) bond motifs is 1. The van der Waals surface area contributed by atoms with Gasteiger partial charge in [0.1, 0.15) is 6.04 Å². The lowest BCUT2D eigenvalue weighted by Crippen LogP contribution is -2.30. The molecule has 6 heteroatoms. The zero-order valence-corrected chi connectivity index (χ0v) is 12.5. The second-order valence-corrected chi connectivity index (χ2v) is 6.36. The van der Waals surface area contributed by atoms with E-state index >= 15 is 0 Å². The number of amidine groups is 1. The van der Waals surface area contributed by atoms with E-state index in [0.717, 1.165) is 15.8 Å². The van der Waals surface area contributed by atoms with Crippen molar-refractivity contribution in [3.63, 3.8) is 0 Å². The first-order valence-electron chi connectivity index (χ1n) is 6.18. The molecule has 0 radical (unpaired) electrons. The van der Waals surface area contributed by atoms with Gasteiger partial charge in [-0.15, -0.1) is 11.3 Å². The first-order valence-corrected chi connectivity index (χ1v) is 7.94. The maximum absolute atomic E-state index is 12.0. The number of carbonyl (C=O) groups is 1. The van der Waals surface area contributed by atoms with Crippen LogP contribution in [0.15, 0.2) is 40.7 Å². The van der Waals surface area contributed by atoms with Crippen LogP contribution < -0.4 is 5.32 Å². The van der Waals surface area contributed by atoms with Crippen LogP contribution in [-0.4, -0.2) is 22.1 Å². The molecule has 0 bridgehead atoms. The molecule has 20 heavy (non-hydrogen) atoms. The normalized spacial score (nSPS) is 19.8. The fraction of sp³-hybridized carbons (Fsp3) is 0.214. The Morgan fingerprint density at radius 2 is 2.40 bits per heavy atom. The van der Waals surface area contributed by atoms with Gasteiger partial charge in [-0.05, 0) is 23.1 Å². The molecule has 0 saturated heterocycles. The Hall–Kier alpha value is -1.66. The van der Waals surface area contributed by atoms with Crippen LogP contribution in [0, 0.1) is 0 Å². The molecule has 1 amide bonds. The molecule has 2 heterocycles. The lowest BCUT2D eigenvalue weighted by molar-refractivity contribution is -0.120. The minimum atomic E-state index is -0.372. The largest absolute Gasteiger partial charge is 0.303 e. The predicted octanol–water partition coefficient (Wildman–Crippen LogP) is 3.13. The van der Waals surface area contributed by atoms with Gasteiger partial charge in [0.05, 0.1) is 15.7 Å². The Morgan fingerprint density at radius 1 is 1.55 bits per heavy atom. The Labute approximate surface area is 125 Å². The third-order valence-electron chi connectivity index (χ3n) is 3.30. The SMILES string of the molecule is C=CSC1=NC(C(C)c2ccc3ncsc3c2)C(=O)N1. The van der Waals surface area contributed by atoms with E-state index < -0.39 is 0 Å².